The van der Waals surface area contributed by atoms with Crippen LogP contribution in [0.15, 0.2) is 11.3 Å². The van der Waals surface area contributed by atoms with Gasteiger partial charge in [0.25, 0.3) is 6.54 Å². The Labute approximate surface area is 98.5 Å². The van der Waals surface area contributed by atoms with Gasteiger partial charge in [-0.25, -0.2) is 0 Å². The van der Waals surface area contributed by atoms with E-state index in [1.54, 1.807) is 20.8 Å². The van der Waals surface area contributed by atoms with Crippen LogP contribution in [-0.4, -0.2) is 28.1 Å². The van der Waals surface area contributed by atoms with Gasteiger partial charge in [0.2, 0.25) is 5.78 Å². The fourth-order valence-corrected chi connectivity index (χ4v) is 2.12. The zero-order valence-electron chi connectivity index (χ0n) is 10.0. The molecule has 0 spiro atoms. The van der Waals surface area contributed by atoms with Crippen molar-refractivity contribution in [2.24, 2.45) is 11.3 Å². The number of carbonyl (C=O) groups is 2. The van der Waals surface area contributed by atoms with Gasteiger partial charge < -0.3 is 5.11 Å². The van der Waals surface area contributed by atoms with Crippen LogP contribution < -0.4 is 0 Å². The Morgan fingerprint density at radius 2 is 2.12 bits per heavy atom. The molecule has 0 fully saturated rings. The number of aliphatic hydroxyl groups is 1. The normalized spacial score (nSPS) is 23.7. The maximum Gasteiger partial charge on any atom is 0.266 e. The number of ketones is 2. The van der Waals surface area contributed by atoms with Gasteiger partial charge in [0.1, 0.15) is 11.3 Å². The lowest BCUT2D eigenvalue weighted by Gasteiger charge is -2.33. The predicted octanol–water partition coefficient (Wildman–Crippen LogP) is 1.28. The summed E-state index contributed by atoms with van der Waals surface area (Å²) in [5.41, 5.74) is -1.10. The van der Waals surface area contributed by atoms with E-state index in [1.807, 2.05) is 0 Å². The van der Waals surface area contributed by atoms with Crippen molar-refractivity contribution < 1.29 is 19.6 Å². The lowest BCUT2D eigenvalue weighted by atomic mass is 9.71. The summed E-state index contributed by atoms with van der Waals surface area (Å²) in [7, 11) is 0. The molecule has 1 atom stereocenters. The molecule has 0 amide bonds. The molecule has 1 unspecified atom stereocenters. The summed E-state index contributed by atoms with van der Waals surface area (Å²) >= 11 is 0. The highest BCUT2D eigenvalue weighted by Crippen LogP contribution is 2.39. The monoisotopic (exact) mass is 241 g/mol. The maximum absolute atomic E-state index is 11.8. The summed E-state index contributed by atoms with van der Waals surface area (Å²) in [6.07, 6.45) is 0.424. The Hall–Kier alpha value is -1.72. The molecule has 1 N–H and O–H groups in total. The highest BCUT2D eigenvalue weighted by atomic mass is 16.6. The van der Waals surface area contributed by atoms with Crippen molar-refractivity contribution in [3.8, 4) is 0 Å². The number of allylic oxidation sites excluding steroid dienone is 1. The number of carbonyl (C=O) groups excluding carboxylic acids is 2. The second-order valence-electron chi connectivity index (χ2n) is 4.99. The third-order valence-corrected chi connectivity index (χ3v) is 2.94. The van der Waals surface area contributed by atoms with Gasteiger partial charge in [-0.05, 0) is 6.42 Å². The van der Waals surface area contributed by atoms with Crippen LogP contribution in [-0.2, 0) is 9.59 Å². The number of Topliss-reactive ketones (excluding diaryl/α,β-unsaturated/α-hetero) is 2. The SMILES string of the molecule is CC1CC(C)(C)C(O)=C(C(=O)C[N+](=O)[O-])C1=O. The third-order valence-electron chi connectivity index (χ3n) is 2.94. The summed E-state index contributed by atoms with van der Waals surface area (Å²) in [5.74, 6) is -2.16. The molecule has 0 aromatic heterocycles. The Bertz CT molecular complexity index is 422. The number of nitro groups is 1. The van der Waals surface area contributed by atoms with E-state index in [0.717, 1.165) is 0 Å². The summed E-state index contributed by atoms with van der Waals surface area (Å²) in [5, 5.41) is 20.2. The molecule has 0 saturated carbocycles. The topological polar surface area (TPSA) is 97.5 Å². The van der Waals surface area contributed by atoms with Crippen molar-refractivity contribution in [1.29, 1.82) is 0 Å². The number of hydrogen-bond donors (Lipinski definition) is 1. The minimum atomic E-state index is -0.964. The molecule has 0 aromatic carbocycles. The fraction of sp³-hybridized carbons (Fsp3) is 0.636. The molecule has 94 valence electrons. The first-order valence-electron chi connectivity index (χ1n) is 5.29. The number of rotatable bonds is 3. The third kappa shape index (κ3) is 2.51. The Morgan fingerprint density at radius 1 is 1.59 bits per heavy atom. The second-order valence-corrected chi connectivity index (χ2v) is 4.99. The smallest absolute Gasteiger partial charge is 0.266 e. The van der Waals surface area contributed by atoms with E-state index in [2.05, 4.69) is 0 Å². The maximum atomic E-state index is 11.8. The van der Waals surface area contributed by atoms with Gasteiger partial charge in [0.15, 0.2) is 5.78 Å². The first-order valence-corrected chi connectivity index (χ1v) is 5.29. The average Bonchev–Trinajstić information content (AvgIpc) is 2.13. The van der Waals surface area contributed by atoms with Crippen molar-refractivity contribution in [2.45, 2.75) is 27.2 Å². The van der Waals surface area contributed by atoms with Gasteiger partial charge in [-0.15, -0.1) is 0 Å². The van der Waals surface area contributed by atoms with Gasteiger partial charge >= 0.3 is 0 Å². The van der Waals surface area contributed by atoms with Crippen molar-refractivity contribution in [1.82, 2.24) is 0 Å². The second kappa shape index (κ2) is 4.27. The quantitative estimate of drug-likeness (QED) is 0.456. The van der Waals surface area contributed by atoms with Crippen LogP contribution in [0, 0.1) is 21.4 Å². The molecule has 1 rings (SSSR count). The lowest BCUT2D eigenvalue weighted by molar-refractivity contribution is -0.466. The summed E-state index contributed by atoms with van der Waals surface area (Å²) in [6.45, 7) is 4.08. The van der Waals surface area contributed by atoms with Crippen LogP contribution in [0.4, 0.5) is 0 Å². The highest BCUT2D eigenvalue weighted by molar-refractivity contribution is 6.22. The molecular formula is C11H15NO5. The molecule has 1 aliphatic rings. The van der Waals surface area contributed by atoms with Gasteiger partial charge in [-0.2, -0.15) is 0 Å². The van der Waals surface area contributed by atoms with E-state index >= 15 is 0 Å². The van der Waals surface area contributed by atoms with E-state index in [4.69, 9.17) is 0 Å². The molecule has 17 heavy (non-hydrogen) atoms. The molecule has 0 radical (unpaired) electrons. The largest absolute Gasteiger partial charge is 0.511 e. The van der Waals surface area contributed by atoms with Crippen LogP contribution in [0.2, 0.25) is 0 Å². The van der Waals surface area contributed by atoms with Gasteiger partial charge in [0, 0.05) is 16.3 Å². The minimum absolute atomic E-state index is 0.326. The number of nitrogens with zero attached hydrogens (tertiary/aromatic N) is 1. The predicted molar refractivity (Wildman–Crippen MR) is 59.1 cm³/mol. The molecule has 0 bridgehead atoms. The van der Waals surface area contributed by atoms with Crippen molar-refractivity contribution in [3.05, 3.63) is 21.4 Å². The average molecular weight is 241 g/mol. The number of hydrogen-bond acceptors (Lipinski definition) is 5. The van der Waals surface area contributed by atoms with Gasteiger partial charge in [-0.3, -0.25) is 19.7 Å². The van der Waals surface area contributed by atoms with Gasteiger partial charge in [-0.1, -0.05) is 20.8 Å². The molecule has 0 aliphatic heterocycles. The Balaban J connectivity index is 3.20. The zero-order valence-corrected chi connectivity index (χ0v) is 10.0. The summed E-state index contributed by atoms with van der Waals surface area (Å²) in [6, 6.07) is 0. The zero-order chi connectivity index (χ0) is 13.4. The van der Waals surface area contributed by atoms with Crippen LogP contribution in [0.25, 0.3) is 0 Å². The minimum Gasteiger partial charge on any atom is -0.511 e. The van der Waals surface area contributed by atoms with E-state index < -0.39 is 39.9 Å². The van der Waals surface area contributed by atoms with Crippen molar-refractivity contribution in [3.63, 3.8) is 0 Å². The number of aliphatic hydroxyl groups excluding tert-OH is 1. The van der Waals surface area contributed by atoms with E-state index in [1.165, 1.54) is 0 Å². The lowest BCUT2D eigenvalue weighted by Crippen LogP contribution is -2.36. The molecule has 0 aromatic rings. The van der Waals surface area contributed by atoms with E-state index in [-0.39, 0.29) is 5.76 Å². The van der Waals surface area contributed by atoms with Crippen molar-refractivity contribution in [2.75, 3.05) is 6.54 Å². The van der Waals surface area contributed by atoms with Crippen LogP contribution >= 0.6 is 0 Å². The Morgan fingerprint density at radius 3 is 2.59 bits per heavy atom. The molecule has 0 saturated heterocycles. The van der Waals surface area contributed by atoms with E-state index in [9.17, 15) is 24.8 Å². The standard InChI is InChI=1S/C11H15NO5/c1-6-4-11(2,3)10(15)8(9(6)14)7(13)5-12(16)17/h6,15H,4-5H2,1-3H3. The van der Waals surface area contributed by atoms with Gasteiger partial charge in [0.05, 0.1) is 0 Å². The molecule has 6 nitrogen and oxygen atoms in total. The summed E-state index contributed by atoms with van der Waals surface area (Å²) in [4.78, 5) is 32.8. The van der Waals surface area contributed by atoms with Crippen LogP contribution in [0.3, 0.4) is 0 Å². The first-order chi connectivity index (χ1) is 7.66. The van der Waals surface area contributed by atoms with E-state index in [0.29, 0.717) is 6.42 Å². The first kappa shape index (κ1) is 13.3. The highest BCUT2D eigenvalue weighted by Gasteiger charge is 2.42. The molecule has 0 heterocycles. The van der Waals surface area contributed by atoms with Crippen LogP contribution in [0.1, 0.15) is 27.2 Å². The molecular weight excluding hydrogens is 226 g/mol. The molecule has 6 heteroatoms. The van der Waals surface area contributed by atoms with Crippen molar-refractivity contribution >= 4 is 11.6 Å². The fourth-order valence-electron chi connectivity index (χ4n) is 2.12. The molecule has 1 aliphatic carbocycles. The summed E-state index contributed by atoms with van der Waals surface area (Å²) < 4.78 is 0. The van der Waals surface area contributed by atoms with Crippen LogP contribution in [0.5, 0.6) is 0 Å². The Kier molecular flexibility index (Phi) is 3.35.